The first-order chi connectivity index (χ1) is 10.0. The molecule has 0 aliphatic heterocycles. The van der Waals surface area contributed by atoms with Gasteiger partial charge in [0, 0.05) is 6.04 Å². The van der Waals surface area contributed by atoms with Crippen molar-refractivity contribution in [2.75, 3.05) is 7.05 Å². The van der Waals surface area contributed by atoms with Crippen LogP contribution in [0.3, 0.4) is 0 Å². The first kappa shape index (κ1) is 16.5. The van der Waals surface area contributed by atoms with Crippen LogP contribution >= 0.6 is 0 Å². The SMILES string of the molecule is CCCC(NC)C(CC)S(=O)(=O)c1ccc2c(c1)CCC2. The van der Waals surface area contributed by atoms with Gasteiger partial charge >= 0.3 is 0 Å². The van der Waals surface area contributed by atoms with Crippen LogP contribution in [-0.2, 0) is 22.7 Å². The van der Waals surface area contributed by atoms with Crippen molar-refractivity contribution < 1.29 is 8.42 Å². The maximum atomic E-state index is 13.0. The van der Waals surface area contributed by atoms with Crippen molar-refractivity contribution in [2.45, 2.75) is 68.6 Å². The molecule has 0 spiro atoms. The van der Waals surface area contributed by atoms with E-state index in [1.165, 1.54) is 11.1 Å². The van der Waals surface area contributed by atoms with Crippen molar-refractivity contribution in [3.05, 3.63) is 29.3 Å². The first-order valence-corrected chi connectivity index (χ1v) is 9.62. The summed E-state index contributed by atoms with van der Waals surface area (Å²) in [6, 6.07) is 5.76. The van der Waals surface area contributed by atoms with E-state index in [4.69, 9.17) is 0 Å². The van der Waals surface area contributed by atoms with Crippen molar-refractivity contribution in [3.63, 3.8) is 0 Å². The number of aryl methyl sites for hydroxylation is 2. The van der Waals surface area contributed by atoms with Gasteiger partial charge in [0.15, 0.2) is 9.84 Å². The van der Waals surface area contributed by atoms with Gasteiger partial charge in [0.05, 0.1) is 10.1 Å². The third kappa shape index (κ3) is 3.32. The third-order valence-electron chi connectivity index (χ3n) is 4.62. The van der Waals surface area contributed by atoms with Gasteiger partial charge in [0.25, 0.3) is 0 Å². The highest BCUT2D eigenvalue weighted by Gasteiger charge is 2.32. The minimum Gasteiger partial charge on any atom is -0.316 e. The van der Waals surface area contributed by atoms with E-state index in [0.29, 0.717) is 11.3 Å². The minimum absolute atomic E-state index is 0.0262. The third-order valence-corrected chi connectivity index (χ3v) is 6.99. The Hall–Kier alpha value is -0.870. The molecule has 21 heavy (non-hydrogen) atoms. The number of sulfone groups is 1. The summed E-state index contributed by atoms with van der Waals surface area (Å²) in [6.45, 7) is 4.06. The van der Waals surface area contributed by atoms with Crippen LogP contribution in [0.2, 0.25) is 0 Å². The minimum atomic E-state index is -3.27. The van der Waals surface area contributed by atoms with Crippen LogP contribution < -0.4 is 5.32 Å². The zero-order valence-electron chi connectivity index (χ0n) is 13.4. The number of nitrogens with one attached hydrogen (secondary N) is 1. The van der Waals surface area contributed by atoms with Crippen LogP contribution in [0.25, 0.3) is 0 Å². The fourth-order valence-corrected chi connectivity index (χ4v) is 5.50. The van der Waals surface area contributed by atoms with Gasteiger partial charge in [0.2, 0.25) is 0 Å². The van der Waals surface area contributed by atoms with Crippen molar-refractivity contribution >= 4 is 9.84 Å². The predicted molar refractivity (Wildman–Crippen MR) is 87.5 cm³/mol. The van der Waals surface area contributed by atoms with E-state index in [-0.39, 0.29) is 11.3 Å². The molecule has 1 N–H and O–H groups in total. The van der Waals surface area contributed by atoms with E-state index < -0.39 is 9.84 Å². The summed E-state index contributed by atoms with van der Waals surface area (Å²) in [5.74, 6) is 0. The molecule has 1 aromatic rings. The first-order valence-electron chi connectivity index (χ1n) is 8.07. The molecule has 0 saturated heterocycles. The van der Waals surface area contributed by atoms with Gasteiger partial charge in [-0.15, -0.1) is 0 Å². The molecule has 4 heteroatoms. The van der Waals surface area contributed by atoms with E-state index >= 15 is 0 Å². The lowest BCUT2D eigenvalue weighted by Crippen LogP contribution is -2.42. The van der Waals surface area contributed by atoms with Gasteiger partial charge in [-0.05, 0) is 62.4 Å². The number of rotatable bonds is 7. The molecule has 2 atom stereocenters. The molecule has 0 radical (unpaired) electrons. The number of hydrogen-bond donors (Lipinski definition) is 1. The van der Waals surface area contributed by atoms with Crippen molar-refractivity contribution in [3.8, 4) is 0 Å². The molecule has 118 valence electrons. The van der Waals surface area contributed by atoms with E-state index in [1.807, 2.05) is 26.1 Å². The monoisotopic (exact) mass is 309 g/mol. The topological polar surface area (TPSA) is 46.2 Å². The number of hydrogen-bond acceptors (Lipinski definition) is 3. The van der Waals surface area contributed by atoms with E-state index in [1.54, 1.807) is 6.07 Å². The highest BCUT2D eigenvalue weighted by Crippen LogP contribution is 2.28. The van der Waals surface area contributed by atoms with Gasteiger partial charge in [-0.3, -0.25) is 0 Å². The second-order valence-electron chi connectivity index (χ2n) is 5.96. The van der Waals surface area contributed by atoms with Crippen LogP contribution in [0.5, 0.6) is 0 Å². The Balaban J connectivity index is 2.34. The molecule has 2 rings (SSSR count). The molecule has 2 unspecified atom stereocenters. The van der Waals surface area contributed by atoms with Gasteiger partial charge in [0.1, 0.15) is 0 Å². The zero-order chi connectivity index (χ0) is 15.5. The fourth-order valence-electron chi connectivity index (χ4n) is 3.45. The molecule has 1 aliphatic rings. The number of benzene rings is 1. The van der Waals surface area contributed by atoms with Crippen molar-refractivity contribution in [2.24, 2.45) is 0 Å². The lowest BCUT2D eigenvalue weighted by atomic mass is 10.1. The summed E-state index contributed by atoms with van der Waals surface area (Å²) in [6.07, 6.45) is 5.76. The van der Waals surface area contributed by atoms with Gasteiger partial charge < -0.3 is 5.32 Å². The molecular weight excluding hydrogens is 282 g/mol. The van der Waals surface area contributed by atoms with Gasteiger partial charge in [-0.2, -0.15) is 0 Å². The molecule has 0 fully saturated rings. The maximum absolute atomic E-state index is 13.0. The molecule has 3 nitrogen and oxygen atoms in total. The van der Waals surface area contributed by atoms with E-state index in [2.05, 4.69) is 12.2 Å². The van der Waals surface area contributed by atoms with E-state index in [0.717, 1.165) is 32.1 Å². The largest absolute Gasteiger partial charge is 0.316 e. The van der Waals surface area contributed by atoms with Crippen LogP contribution in [-0.4, -0.2) is 26.8 Å². The van der Waals surface area contributed by atoms with Crippen LogP contribution in [0, 0.1) is 0 Å². The average molecular weight is 309 g/mol. The summed E-state index contributed by atoms with van der Waals surface area (Å²) in [5.41, 5.74) is 2.54. The molecule has 0 heterocycles. The second kappa shape index (κ2) is 6.93. The molecule has 1 aromatic carbocycles. The normalized spacial score (nSPS) is 17.5. The summed E-state index contributed by atoms with van der Waals surface area (Å²) in [5, 5.41) is 2.86. The van der Waals surface area contributed by atoms with Crippen LogP contribution in [0.4, 0.5) is 0 Å². The average Bonchev–Trinajstić information content (AvgIpc) is 2.94. The summed E-state index contributed by atoms with van der Waals surface area (Å²) in [4.78, 5) is 0.506. The Labute approximate surface area is 129 Å². The molecular formula is C17H27NO2S. The molecule has 0 amide bonds. The lowest BCUT2D eigenvalue weighted by Gasteiger charge is -2.26. The molecule has 0 bridgehead atoms. The van der Waals surface area contributed by atoms with Gasteiger partial charge in [-0.1, -0.05) is 26.3 Å². The Bertz CT molecular complexity index is 580. The Kier molecular flexibility index (Phi) is 5.44. The van der Waals surface area contributed by atoms with Crippen LogP contribution in [0.1, 0.15) is 50.7 Å². The summed E-state index contributed by atoms with van der Waals surface area (Å²) in [7, 11) is -1.41. The quantitative estimate of drug-likeness (QED) is 0.842. The molecule has 1 aliphatic carbocycles. The Morgan fingerprint density at radius 2 is 1.90 bits per heavy atom. The molecule has 0 saturated carbocycles. The molecule has 0 aromatic heterocycles. The predicted octanol–water partition coefficient (Wildman–Crippen LogP) is 3.12. The Morgan fingerprint density at radius 1 is 1.19 bits per heavy atom. The smallest absolute Gasteiger partial charge is 0.182 e. The standard InChI is InChI=1S/C17H27NO2S/c1-4-7-16(18-3)17(5-2)21(19,20)15-11-10-13-8-6-9-14(13)12-15/h10-12,16-18H,4-9H2,1-3H3. The summed E-state index contributed by atoms with van der Waals surface area (Å²) >= 11 is 0. The van der Waals surface area contributed by atoms with Gasteiger partial charge in [-0.25, -0.2) is 8.42 Å². The highest BCUT2D eigenvalue weighted by molar-refractivity contribution is 7.92. The lowest BCUT2D eigenvalue weighted by molar-refractivity contribution is 0.464. The van der Waals surface area contributed by atoms with Crippen molar-refractivity contribution in [1.29, 1.82) is 0 Å². The van der Waals surface area contributed by atoms with Crippen LogP contribution in [0.15, 0.2) is 23.1 Å². The second-order valence-corrected chi connectivity index (χ2v) is 8.13. The summed E-state index contributed by atoms with van der Waals surface area (Å²) < 4.78 is 26.0. The Morgan fingerprint density at radius 3 is 2.52 bits per heavy atom. The fraction of sp³-hybridized carbons (Fsp3) is 0.647. The number of fused-ring (bicyclic) bond motifs is 1. The van der Waals surface area contributed by atoms with E-state index in [9.17, 15) is 8.42 Å². The highest BCUT2D eigenvalue weighted by atomic mass is 32.2. The zero-order valence-corrected chi connectivity index (χ0v) is 14.2. The maximum Gasteiger partial charge on any atom is 0.182 e. The van der Waals surface area contributed by atoms with Crippen molar-refractivity contribution in [1.82, 2.24) is 5.32 Å².